The Kier molecular flexibility index (Phi) is 6.02. The molecule has 2 atom stereocenters. The number of ether oxygens (including phenoxy) is 1. The maximum atomic E-state index is 11.8. The molecule has 2 heterocycles. The predicted molar refractivity (Wildman–Crippen MR) is 85.8 cm³/mol. The van der Waals surface area contributed by atoms with Crippen LogP contribution in [0.25, 0.3) is 0 Å². The molecule has 0 saturated heterocycles. The summed E-state index contributed by atoms with van der Waals surface area (Å²) in [5, 5.41) is 7.97. The molecule has 0 radical (unpaired) electrons. The van der Waals surface area contributed by atoms with E-state index in [4.69, 9.17) is 4.74 Å². The molecule has 118 valence electrons. The molecule has 1 aliphatic rings. The van der Waals surface area contributed by atoms with Gasteiger partial charge in [-0.3, -0.25) is 4.90 Å². The summed E-state index contributed by atoms with van der Waals surface area (Å²) in [7, 11) is 1.63. The van der Waals surface area contributed by atoms with Crippen LogP contribution in [0.3, 0.4) is 0 Å². The first-order chi connectivity index (χ1) is 10.1. The number of amides is 2. The first kappa shape index (κ1) is 16.3. The van der Waals surface area contributed by atoms with Crippen molar-refractivity contribution in [1.29, 1.82) is 0 Å². The van der Waals surface area contributed by atoms with Crippen molar-refractivity contribution in [2.24, 2.45) is 0 Å². The van der Waals surface area contributed by atoms with E-state index in [-0.39, 0.29) is 12.1 Å². The van der Waals surface area contributed by atoms with E-state index in [1.54, 1.807) is 7.11 Å². The maximum absolute atomic E-state index is 11.8. The molecule has 0 bridgehead atoms. The van der Waals surface area contributed by atoms with Gasteiger partial charge in [0, 0.05) is 37.7 Å². The van der Waals surface area contributed by atoms with Crippen LogP contribution in [0.2, 0.25) is 0 Å². The van der Waals surface area contributed by atoms with E-state index in [2.05, 4.69) is 33.9 Å². The zero-order valence-electron chi connectivity index (χ0n) is 13.0. The number of rotatable bonds is 6. The molecule has 6 heteroatoms. The molecule has 0 spiro atoms. The van der Waals surface area contributed by atoms with Gasteiger partial charge < -0.3 is 15.4 Å². The molecule has 2 N–H and O–H groups in total. The van der Waals surface area contributed by atoms with Gasteiger partial charge in [0.2, 0.25) is 0 Å². The van der Waals surface area contributed by atoms with Gasteiger partial charge in [0.05, 0.1) is 12.6 Å². The normalized spacial score (nSPS) is 17.9. The van der Waals surface area contributed by atoms with Crippen LogP contribution in [0.1, 0.15) is 24.3 Å². The predicted octanol–water partition coefficient (Wildman–Crippen LogP) is 1.83. The van der Waals surface area contributed by atoms with Gasteiger partial charge in [-0.05, 0) is 37.3 Å². The van der Waals surface area contributed by atoms with E-state index >= 15 is 0 Å². The second-order valence-corrected chi connectivity index (χ2v) is 6.65. The third kappa shape index (κ3) is 4.69. The lowest BCUT2D eigenvalue weighted by Crippen LogP contribution is -2.48. The first-order valence-corrected chi connectivity index (χ1v) is 8.30. The molecule has 2 rings (SSSR count). The maximum Gasteiger partial charge on any atom is 0.315 e. The molecule has 0 unspecified atom stereocenters. The molecule has 21 heavy (non-hydrogen) atoms. The number of carbonyl (C=O) groups excluding carboxylic acids is 1. The highest BCUT2D eigenvalue weighted by atomic mass is 32.1. The average molecular weight is 311 g/mol. The van der Waals surface area contributed by atoms with E-state index in [1.165, 1.54) is 10.4 Å². The van der Waals surface area contributed by atoms with E-state index in [9.17, 15) is 4.79 Å². The minimum atomic E-state index is -0.125. The van der Waals surface area contributed by atoms with E-state index in [1.807, 2.05) is 18.3 Å². The quantitative estimate of drug-likeness (QED) is 0.843. The summed E-state index contributed by atoms with van der Waals surface area (Å²) in [4.78, 5) is 15.7. The van der Waals surface area contributed by atoms with Crippen LogP contribution in [-0.2, 0) is 17.7 Å². The van der Waals surface area contributed by atoms with Crippen LogP contribution in [0.4, 0.5) is 4.79 Å². The topological polar surface area (TPSA) is 53.6 Å². The Morgan fingerprint density at radius 3 is 3.10 bits per heavy atom. The Balaban J connectivity index is 1.72. The summed E-state index contributed by atoms with van der Waals surface area (Å²) in [6, 6.07) is 2.45. The number of hydrogen-bond acceptors (Lipinski definition) is 4. The van der Waals surface area contributed by atoms with Gasteiger partial charge in [-0.2, -0.15) is 0 Å². The minimum Gasteiger partial charge on any atom is -0.383 e. The highest BCUT2D eigenvalue weighted by Gasteiger charge is 2.21. The Hall–Kier alpha value is -1.11. The summed E-state index contributed by atoms with van der Waals surface area (Å²) in [6.45, 7) is 7.33. The summed E-state index contributed by atoms with van der Waals surface area (Å²) >= 11 is 1.85. The fraction of sp³-hybridized carbons (Fsp3) is 0.667. The van der Waals surface area contributed by atoms with Gasteiger partial charge in [-0.15, -0.1) is 11.3 Å². The lowest BCUT2D eigenvalue weighted by molar-refractivity contribution is 0.167. The third-order valence-corrected chi connectivity index (χ3v) is 4.84. The van der Waals surface area contributed by atoms with Crippen LogP contribution < -0.4 is 10.6 Å². The molecule has 0 aromatic carbocycles. The Morgan fingerprint density at radius 1 is 1.52 bits per heavy atom. The van der Waals surface area contributed by atoms with Crippen molar-refractivity contribution < 1.29 is 9.53 Å². The molecule has 0 fully saturated rings. The van der Waals surface area contributed by atoms with Gasteiger partial charge in [-0.1, -0.05) is 0 Å². The standard InChI is InChI=1S/C15H25N3O2S/c1-11(10-20-3)17-15(19)16-8-12(2)18-6-4-14-13(9-18)5-7-21-14/h5,7,11-12H,4,6,8-10H2,1-3H3,(H2,16,17,19)/t11-,12+/m0/s1. The molecule has 1 aliphatic heterocycles. The smallest absolute Gasteiger partial charge is 0.315 e. The Bertz CT molecular complexity index is 464. The fourth-order valence-electron chi connectivity index (χ4n) is 2.58. The van der Waals surface area contributed by atoms with Gasteiger partial charge in [-0.25, -0.2) is 4.79 Å². The van der Waals surface area contributed by atoms with Crippen molar-refractivity contribution in [2.75, 3.05) is 26.8 Å². The van der Waals surface area contributed by atoms with Gasteiger partial charge in [0.25, 0.3) is 0 Å². The van der Waals surface area contributed by atoms with Gasteiger partial charge >= 0.3 is 6.03 Å². The number of carbonyl (C=O) groups is 1. The molecular weight excluding hydrogens is 286 g/mol. The average Bonchev–Trinajstić information content (AvgIpc) is 2.92. The first-order valence-electron chi connectivity index (χ1n) is 7.42. The largest absolute Gasteiger partial charge is 0.383 e. The van der Waals surface area contributed by atoms with E-state index in [0.717, 1.165) is 19.5 Å². The van der Waals surface area contributed by atoms with Crippen molar-refractivity contribution in [1.82, 2.24) is 15.5 Å². The van der Waals surface area contributed by atoms with Crippen molar-refractivity contribution in [3.63, 3.8) is 0 Å². The van der Waals surface area contributed by atoms with E-state index < -0.39 is 0 Å². The number of nitrogens with one attached hydrogen (secondary N) is 2. The zero-order valence-corrected chi connectivity index (χ0v) is 13.8. The van der Waals surface area contributed by atoms with E-state index in [0.29, 0.717) is 19.2 Å². The highest BCUT2D eigenvalue weighted by Crippen LogP contribution is 2.24. The van der Waals surface area contributed by atoms with Crippen LogP contribution >= 0.6 is 11.3 Å². The lowest BCUT2D eigenvalue weighted by atomic mass is 10.1. The SMILES string of the molecule is COC[C@H](C)NC(=O)NC[C@@H](C)N1CCc2sccc2C1. The second kappa shape index (κ2) is 7.77. The number of hydrogen-bond donors (Lipinski definition) is 2. The highest BCUT2D eigenvalue weighted by molar-refractivity contribution is 7.10. The fourth-order valence-corrected chi connectivity index (χ4v) is 3.47. The van der Waals surface area contributed by atoms with Crippen LogP contribution in [0.15, 0.2) is 11.4 Å². The molecule has 1 aromatic rings. The second-order valence-electron chi connectivity index (χ2n) is 5.65. The molecular formula is C15H25N3O2S. The van der Waals surface area contributed by atoms with Crippen molar-refractivity contribution >= 4 is 17.4 Å². The Morgan fingerprint density at radius 2 is 2.33 bits per heavy atom. The van der Waals surface area contributed by atoms with Crippen molar-refractivity contribution in [2.45, 2.75) is 38.9 Å². The number of fused-ring (bicyclic) bond motifs is 1. The van der Waals surface area contributed by atoms with Crippen molar-refractivity contribution in [3.05, 3.63) is 21.9 Å². The summed E-state index contributed by atoms with van der Waals surface area (Å²) in [6.07, 6.45) is 1.12. The monoisotopic (exact) mass is 311 g/mol. The van der Waals surface area contributed by atoms with Crippen LogP contribution in [-0.4, -0.2) is 49.8 Å². The van der Waals surface area contributed by atoms with Crippen LogP contribution in [0, 0.1) is 0 Å². The van der Waals surface area contributed by atoms with Crippen LogP contribution in [0.5, 0.6) is 0 Å². The summed E-state index contributed by atoms with van der Waals surface area (Å²) in [5.41, 5.74) is 1.44. The van der Waals surface area contributed by atoms with Gasteiger partial charge in [0.15, 0.2) is 0 Å². The van der Waals surface area contributed by atoms with Gasteiger partial charge in [0.1, 0.15) is 0 Å². The number of methoxy groups -OCH3 is 1. The molecule has 1 aromatic heterocycles. The zero-order chi connectivity index (χ0) is 15.2. The number of nitrogens with zero attached hydrogens (tertiary/aromatic N) is 1. The summed E-state index contributed by atoms with van der Waals surface area (Å²) < 4.78 is 5.00. The minimum absolute atomic E-state index is 0.0219. The molecule has 2 amide bonds. The molecule has 0 aliphatic carbocycles. The summed E-state index contributed by atoms with van der Waals surface area (Å²) in [5.74, 6) is 0. The molecule has 5 nitrogen and oxygen atoms in total. The number of urea groups is 1. The lowest BCUT2D eigenvalue weighted by Gasteiger charge is -2.32. The molecule has 0 saturated carbocycles. The van der Waals surface area contributed by atoms with Crippen molar-refractivity contribution in [3.8, 4) is 0 Å². The third-order valence-electron chi connectivity index (χ3n) is 3.81. The number of thiophene rings is 1. The Labute approximate surface area is 130 Å².